The van der Waals surface area contributed by atoms with E-state index in [0.29, 0.717) is 19.5 Å². The van der Waals surface area contributed by atoms with E-state index in [2.05, 4.69) is 11.4 Å². The number of carboxylic acid groups (broad SMARTS) is 1. The van der Waals surface area contributed by atoms with Crippen LogP contribution in [0.15, 0.2) is 17.5 Å². The largest absolute Gasteiger partial charge is 0.481 e. The lowest BCUT2D eigenvalue weighted by atomic mass is 10.1. The monoisotopic (exact) mass is 298 g/mol. The minimum Gasteiger partial charge on any atom is -0.481 e. The van der Waals surface area contributed by atoms with Gasteiger partial charge in [-0.25, -0.2) is 4.79 Å². The Morgan fingerprint density at radius 2 is 2.25 bits per heavy atom. The fourth-order valence-electron chi connectivity index (χ4n) is 1.70. The van der Waals surface area contributed by atoms with Gasteiger partial charge in [-0.2, -0.15) is 0 Å². The van der Waals surface area contributed by atoms with E-state index < -0.39 is 5.97 Å². The third kappa shape index (κ3) is 6.56. The van der Waals surface area contributed by atoms with Crippen LogP contribution in [0.3, 0.4) is 0 Å². The van der Waals surface area contributed by atoms with Gasteiger partial charge in [-0.3, -0.25) is 4.79 Å². The summed E-state index contributed by atoms with van der Waals surface area (Å²) in [4.78, 5) is 25.2. The van der Waals surface area contributed by atoms with E-state index in [4.69, 9.17) is 5.11 Å². The number of aliphatic carboxylic acids is 1. The number of carbonyl (C=O) groups excluding carboxylic acids is 1. The van der Waals surface area contributed by atoms with Crippen molar-refractivity contribution in [1.29, 1.82) is 0 Å². The molecule has 1 aromatic heterocycles. The van der Waals surface area contributed by atoms with E-state index in [1.165, 1.54) is 4.88 Å². The van der Waals surface area contributed by atoms with Gasteiger partial charge in [0.1, 0.15) is 0 Å². The topological polar surface area (TPSA) is 69.6 Å². The minimum absolute atomic E-state index is 0.108. The fourth-order valence-corrected chi connectivity index (χ4v) is 2.40. The molecule has 0 aromatic carbocycles. The highest BCUT2D eigenvalue weighted by molar-refractivity contribution is 7.09. The third-order valence-electron chi connectivity index (χ3n) is 3.07. The molecule has 1 rings (SSSR count). The Balaban J connectivity index is 2.19. The first-order valence-corrected chi connectivity index (χ1v) is 7.60. The first kappa shape index (κ1) is 16.5. The van der Waals surface area contributed by atoms with Crippen LogP contribution >= 0.6 is 11.3 Å². The van der Waals surface area contributed by atoms with Crippen molar-refractivity contribution < 1.29 is 14.7 Å². The Hall–Kier alpha value is -1.56. The molecule has 0 aliphatic heterocycles. The molecule has 0 aliphatic carbocycles. The highest BCUT2D eigenvalue weighted by Crippen LogP contribution is 2.09. The molecule has 0 bridgehead atoms. The van der Waals surface area contributed by atoms with E-state index in [1.54, 1.807) is 23.3 Å². The lowest BCUT2D eigenvalue weighted by Crippen LogP contribution is -2.40. The zero-order chi connectivity index (χ0) is 15.0. The number of hydrogen-bond donors (Lipinski definition) is 2. The summed E-state index contributed by atoms with van der Waals surface area (Å²) >= 11 is 1.69. The third-order valence-corrected chi connectivity index (χ3v) is 4.01. The van der Waals surface area contributed by atoms with Gasteiger partial charge < -0.3 is 15.3 Å². The van der Waals surface area contributed by atoms with E-state index in [-0.39, 0.29) is 18.4 Å². The molecule has 1 heterocycles. The predicted molar refractivity (Wildman–Crippen MR) is 80.1 cm³/mol. The molecular weight excluding hydrogens is 276 g/mol. The lowest BCUT2D eigenvalue weighted by molar-refractivity contribution is -0.137. The van der Waals surface area contributed by atoms with Crippen molar-refractivity contribution in [2.75, 3.05) is 20.1 Å². The van der Waals surface area contributed by atoms with Crippen LogP contribution in [-0.2, 0) is 11.2 Å². The number of carboxylic acids is 1. The van der Waals surface area contributed by atoms with Crippen molar-refractivity contribution in [1.82, 2.24) is 10.2 Å². The number of nitrogens with zero attached hydrogens (tertiary/aromatic N) is 1. The molecule has 0 aliphatic rings. The standard InChI is InChI=1S/C14H22N2O3S/c1-11(5-6-13(17)18)10-15-14(19)16(2)8-7-12-4-3-9-20-12/h3-4,9,11H,5-8,10H2,1-2H3,(H,15,19)(H,17,18). The minimum atomic E-state index is -0.795. The van der Waals surface area contributed by atoms with Gasteiger partial charge in [0.15, 0.2) is 0 Å². The summed E-state index contributed by atoms with van der Waals surface area (Å²) in [7, 11) is 1.77. The maximum absolute atomic E-state index is 11.8. The van der Waals surface area contributed by atoms with Gasteiger partial charge in [-0.1, -0.05) is 13.0 Å². The first-order valence-electron chi connectivity index (χ1n) is 6.72. The van der Waals surface area contributed by atoms with Gasteiger partial charge in [0.2, 0.25) is 0 Å². The molecule has 0 saturated heterocycles. The number of rotatable bonds is 8. The molecule has 1 aromatic rings. The lowest BCUT2D eigenvalue weighted by Gasteiger charge is -2.19. The van der Waals surface area contributed by atoms with Crippen LogP contribution in [0.4, 0.5) is 4.79 Å². The number of hydrogen-bond acceptors (Lipinski definition) is 3. The van der Waals surface area contributed by atoms with Crippen molar-refractivity contribution >= 4 is 23.3 Å². The van der Waals surface area contributed by atoms with Gasteiger partial charge in [0.25, 0.3) is 0 Å². The summed E-state index contributed by atoms with van der Waals surface area (Å²) in [6, 6.07) is 3.96. The maximum atomic E-state index is 11.8. The molecule has 0 radical (unpaired) electrons. The second-order valence-corrected chi connectivity index (χ2v) is 6.01. The molecule has 2 N–H and O–H groups in total. The second kappa shape index (κ2) is 8.58. The molecule has 20 heavy (non-hydrogen) atoms. The average Bonchev–Trinajstić information content (AvgIpc) is 2.92. The first-order chi connectivity index (χ1) is 9.49. The number of nitrogens with one attached hydrogen (secondary N) is 1. The van der Waals surface area contributed by atoms with Gasteiger partial charge in [-0.15, -0.1) is 11.3 Å². The Morgan fingerprint density at radius 1 is 1.50 bits per heavy atom. The van der Waals surface area contributed by atoms with Crippen molar-refractivity contribution in [3.63, 3.8) is 0 Å². The van der Waals surface area contributed by atoms with Crippen LogP contribution in [0, 0.1) is 5.92 Å². The number of likely N-dealkylation sites (N-methyl/N-ethyl adjacent to an activating group) is 1. The average molecular weight is 298 g/mol. The van der Waals surface area contributed by atoms with E-state index in [1.807, 2.05) is 18.4 Å². The van der Waals surface area contributed by atoms with Gasteiger partial charge in [-0.05, 0) is 30.2 Å². The summed E-state index contributed by atoms with van der Waals surface area (Å²) < 4.78 is 0. The smallest absolute Gasteiger partial charge is 0.317 e. The Kier molecular flexibility index (Phi) is 7.08. The second-order valence-electron chi connectivity index (χ2n) is 4.97. The summed E-state index contributed by atoms with van der Waals surface area (Å²) in [5, 5.41) is 13.5. The molecule has 112 valence electrons. The number of thiophene rings is 1. The molecule has 2 amide bonds. The molecule has 0 fully saturated rings. The number of urea groups is 1. The van der Waals surface area contributed by atoms with Crippen molar-refractivity contribution in [3.05, 3.63) is 22.4 Å². The predicted octanol–water partition coefficient (Wildman–Crippen LogP) is 2.43. The van der Waals surface area contributed by atoms with Crippen molar-refractivity contribution in [2.24, 2.45) is 5.92 Å². The molecule has 1 atom stereocenters. The number of carbonyl (C=O) groups is 2. The van der Waals surface area contributed by atoms with Crippen molar-refractivity contribution in [2.45, 2.75) is 26.2 Å². The van der Waals surface area contributed by atoms with Crippen LogP contribution in [0.2, 0.25) is 0 Å². The normalized spacial score (nSPS) is 11.9. The van der Waals surface area contributed by atoms with Crippen LogP contribution in [0.1, 0.15) is 24.6 Å². The Bertz CT molecular complexity index is 420. The highest BCUT2D eigenvalue weighted by atomic mass is 32.1. The number of amides is 2. The highest BCUT2D eigenvalue weighted by Gasteiger charge is 2.11. The maximum Gasteiger partial charge on any atom is 0.317 e. The zero-order valence-corrected chi connectivity index (χ0v) is 12.8. The van der Waals surface area contributed by atoms with E-state index >= 15 is 0 Å². The van der Waals surface area contributed by atoms with E-state index in [9.17, 15) is 9.59 Å². The van der Waals surface area contributed by atoms with E-state index in [0.717, 1.165) is 6.42 Å². The summed E-state index contributed by atoms with van der Waals surface area (Å²) in [6.07, 6.45) is 1.58. The molecule has 5 nitrogen and oxygen atoms in total. The summed E-state index contributed by atoms with van der Waals surface area (Å²) in [5.41, 5.74) is 0. The van der Waals surface area contributed by atoms with Crippen LogP contribution < -0.4 is 5.32 Å². The van der Waals surface area contributed by atoms with Crippen LogP contribution in [0.25, 0.3) is 0 Å². The molecule has 0 spiro atoms. The molecule has 1 unspecified atom stereocenters. The van der Waals surface area contributed by atoms with Crippen LogP contribution in [-0.4, -0.2) is 42.1 Å². The van der Waals surface area contributed by atoms with Crippen molar-refractivity contribution in [3.8, 4) is 0 Å². The molecule has 0 saturated carbocycles. The summed E-state index contributed by atoms with van der Waals surface area (Å²) in [6.45, 7) is 3.13. The molecular formula is C14H22N2O3S. The van der Waals surface area contributed by atoms with Gasteiger partial charge in [0, 0.05) is 31.4 Å². The molecule has 6 heteroatoms. The Morgan fingerprint density at radius 3 is 2.85 bits per heavy atom. The van der Waals surface area contributed by atoms with Crippen LogP contribution in [0.5, 0.6) is 0 Å². The SMILES string of the molecule is CC(CCC(=O)O)CNC(=O)N(C)CCc1cccs1. The zero-order valence-electron chi connectivity index (χ0n) is 12.0. The summed E-state index contributed by atoms with van der Waals surface area (Å²) in [5.74, 6) is -0.628. The fraction of sp³-hybridized carbons (Fsp3) is 0.571. The van der Waals surface area contributed by atoms with Gasteiger partial charge in [0.05, 0.1) is 0 Å². The van der Waals surface area contributed by atoms with Gasteiger partial charge >= 0.3 is 12.0 Å². The Labute approximate surface area is 123 Å². The quantitative estimate of drug-likeness (QED) is 0.774.